The molecule has 2 aromatic heterocycles. The molecule has 2 aromatic rings. The molecule has 0 atom stereocenters. The minimum Gasteiger partial charge on any atom is -0.480 e. The maximum atomic E-state index is 12.2. The highest BCUT2D eigenvalue weighted by Crippen LogP contribution is 2.21. The minimum atomic E-state index is -3.85. The van der Waals surface area contributed by atoms with E-state index >= 15 is 0 Å². The summed E-state index contributed by atoms with van der Waals surface area (Å²) in [6.07, 6.45) is 2.50. The van der Waals surface area contributed by atoms with Crippen molar-refractivity contribution < 1.29 is 22.8 Å². The van der Waals surface area contributed by atoms with Crippen molar-refractivity contribution in [3.8, 4) is 0 Å². The Morgan fingerprint density at radius 1 is 1.50 bits per heavy atom. The molecule has 0 fully saturated rings. The summed E-state index contributed by atoms with van der Waals surface area (Å²) in [5.41, 5.74) is 0.402. The van der Waals surface area contributed by atoms with Crippen LogP contribution in [0, 0.1) is 13.8 Å². The van der Waals surface area contributed by atoms with E-state index in [9.17, 15) is 13.2 Å². The van der Waals surface area contributed by atoms with Crippen LogP contribution in [0.5, 0.6) is 0 Å². The number of nitrogens with one attached hydrogen (secondary N) is 1. The summed E-state index contributed by atoms with van der Waals surface area (Å²) in [6, 6.07) is 0. The lowest BCUT2D eigenvalue weighted by molar-refractivity contribution is -0.137. The zero-order valence-corrected chi connectivity index (χ0v) is 11.5. The SMILES string of the molecule is Cc1noc(C)c1S(=O)(=O)Nc1cnn(CC(=O)O)c1. The Morgan fingerprint density at radius 2 is 2.20 bits per heavy atom. The van der Waals surface area contributed by atoms with Crippen LogP contribution in [0.1, 0.15) is 11.5 Å². The highest BCUT2D eigenvalue weighted by molar-refractivity contribution is 7.92. The van der Waals surface area contributed by atoms with E-state index in [-0.39, 0.29) is 28.6 Å². The molecule has 0 aromatic carbocycles. The normalized spacial score (nSPS) is 11.5. The second-order valence-electron chi connectivity index (χ2n) is 4.08. The molecule has 10 heteroatoms. The van der Waals surface area contributed by atoms with E-state index in [1.807, 2.05) is 0 Å². The molecule has 0 amide bonds. The lowest BCUT2D eigenvalue weighted by Gasteiger charge is -2.04. The fourth-order valence-electron chi connectivity index (χ4n) is 1.71. The van der Waals surface area contributed by atoms with Crippen LogP contribution in [0.25, 0.3) is 0 Å². The van der Waals surface area contributed by atoms with Gasteiger partial charge in [-0.3, -0.25) is 14.2 Å². The van der Waals surface area contributed by atoms with Gasteiger partial charge in [0.2, 0.25) is 0 Å². The first kappa shape index (κ1) is 14.1. The lowest BCUT2D eigenvalue weighted by atomic mass is 10.4. The van der Waals surface area contributed by atoms with Gasteiger partial charge in [-0.15, -0.1) is 0 Å². The predicted molar refractivity (Wildman–Crippen MR) is 66.6 cm³/mol. The molecule has 0 bridgehead atoms. The van der Waals surface area contributed by atoms with E-state index in [4.69, 9.17) is 9.63 Å². The smallest absolute Gasteiger partial charge is 0.325 e. The van der Waals surface area contributed by atoms with E-state index in [1.165, 1.54) is 26.2 Å². The Kier molecular flexibility index (Phi) is 3.49. The number of nitrogens with zero attached hydrogens (tertiary/aromatic N) is 3. The number of carboxylic acids is 1. The Morgan fingerprint density at radius 3 is 2.75 bits per heavy atom. The highest BCUT2D eigenvalue weighted by atomic mass is 32.2. The van der Waals surface area contributed by atoms with Crippen molar-refractivity contribution in [2.45, 2.75) is 25.3 Å². The summed E-state index contributed by atoms with van der Waals surface area (Å²) >= 11 is 0. The lowest BCUT2D eigenvalue weighted by Crippen LogP contribution is -2.14. The minimum absolute atomic E-state index is 0.0384. The predicted octanol–water partition coefficient (Wildman–Crippen LogP) is 0.373. The molecular weight excluding hydrogens is 288 g/mol. The van der Waals surface area contributed by atoms with E-state index in [0.717, 1.165) is 4.68 Å². The van der Waals surface area contributed by atoms with E-state index in [0.29, 0.717) is 0 Å². The first-order valence-corrected chi connectivity index (χ1v) is 6.98. The van der Waals surface area contributed by atoms with Crippen LogP contribution in [0.4, 0.5) is 5.69 Å². The molecule has 2 rings (SSSR count). The van der Waals surface area contributed by atoms with Gasteiger partial charge in [-0.25, -0.2) is 8.42 Å². The number of hydrogen-bond donors (Lipinski definition) is 2. The first-order valence-electron chi connectivity index (χ1n) is 5.49. The summed E-state index contributed by atoms with van der Waals surface area (Å²) in [6.45, 7) is 2.65. The molecule has 20 heavy (non-hydrogen) atoms. The van der Waals surface area contributed by atoms with Crippen molar-refractivity contribution >= 4 is 21.7 Å². The van der Waals surface area contributed by atoms with Gasteiger partial charge in [0.05, 0.1) is 11.9 Å². The molecule has 9 nitrogen and oxygen atoms in total. The summed E-state index contributed by atoms with van der Waals surface area (Å²) in [5.74, 6) is -0.902. The van der Waals surface area contributed by atoms with Crippen molar-refractivity contribution in [2.75, 3.05) is 4.72 Å². The number of aliphatic carboxylic acids is 1. The Hall–Kier alpha value is -2.36. The van der Waals surface area contributed by atoms with Crippen molar-refractivity contribution in [3.05, 3.63) is 23.8 Å². The molecule has 0 saturated heterocycles. The topological polar surface area (TPSA) is 127 Å². The third kappa shape index (κ3) is 2.79. The molecule has 0 aliphatic rings. The standard InChI is InChI=1S/C10H12N4O5S/c1-6-10(7(2)19-12-6)20(17,18)13-8-3-11-14(4-8)5-9(15)16/h3-4,13H,5H2,1-2H3,(H,15,16). The molecule has 0 spiro atoms. The first-order chi connectivity index (χ1) is 9.29. The molecule has 2 N–H and O–H groups in total. The van der Waals surface area contributed by atoms with Crippen LogP contribution in [-0.2, 0) is 21.4 Å². The van der Waals surface area contributed by atoms with Gasteiger partial charge in [-0.2, -0.15) is 5.10 Å². The zero-order valence-electron chi connectivity index (χ0n) is 10.7. The van der Waals surface area contributed by atoms with Crippen LogP contribution < -0.4 is 4.72 Å². The van der Waals surface area contributed by atoms with Gasteiger partial charge in [0, 0.05) is 6.20 Å². The van der Waals surface area contributed by atoms with Gasteiger partial charge in [-0.1, -0.05) is 5.16 Å². The third-order valence-electron chi connectivity index (χ3n) is 2.42. The average Bonchev–Trinajstić information content (AvgIpc) is 2.85. The maximum absolute atomic E-state index is 12.2. The number of carbonyl (C=O) groups is 1. The number of carboxylic acid groups (broad SMARTS) is 1. The van der Waals surface area contributed by atoms with Crippen molar-refractivity contribution in [3.63, 3.8) is 0 Å². The summed E-state index contributed by atoms with van der Waals surface area (Å²) < 4.78 is 32.5. The second-order valence-corrected chi connectivity index (χ2v) is 5.70. The van der Waals surface area contributed by atoms with E-state index < -0.39 is 16.0 Å². The molecule has 0 unspecified atom stereocenters. The van der Waals surface area contributed by atoms with Crippen molar-refractivity contribution in [1.82, 2.24) is 14.9 Å². The van der Waals surface area contributed by atoms with Crippen molar-refractivity contribution in [2.24, 2.45) is 0 Å². The van der Waals surface area contributed by atoms with E-state index in [1.54, 1.807) is 0 Å². The summed E-state index contributed by atoms with van der Waals surface area (Å²) in [4.78, 5) is 10.5. The number of anilines is 1. The second kappa shape index (κ2) is 4.96. The van der Waals surface area contributed by atoms with Gasteiger partial charge in [0.1, 0.15) is 12.2 Å². The van der Waals surface area contributed by atoms with Crippen LogP contribution >= 0.6 is 0 Å². The van der Waals surface area contributed by atoms with Crippen LogP contribution in [0.3, 0.4) is 0 Å². The van der Waals surface area contributed by atoms with Gasteiger partial charge >= 0.3 is 5.97 Å². The van der Waals surface area contributed by atoms with Crippen LogP contribution in [0.15, 0.2) is 21.8 Å². The molecule has 0 aliphatic heterocycles. The molecule has 0 aliphatic carbocycles. The number of hydrogen-bond acceptors (Lipinski definition) is 6. The third-order valence-corrected chi connectivity index (χ3v) is 4.04. The zero-order chi connectivity index (χ0) is 14.9. The Bertz CT molecular complexity index is 726. The average molecular weight is 300 g/mol. The monoisotopic (exact) mass is 300 g/mol. The number of aromatic nitrogens is 3. The van der Waals surface area contributed by atoms with Gasteiger partial charge < -0.3 is 9.63 Å². The molecule has 0 radical (unpaired) electrons. The van der Waals surface area contributed by atoms with E-state index in [2.05, 4.69) is 15.0 Å². The molecule has 108 valence electrons. The fourth-order valence-corrected chi connectivity index (χ4v) is 3.07. The number of aryl methyl sites for hydroxylation is 2. The molecule has 0 saturated carbocycles. The number of sulfonamides is 1. The summed E-state index contributed by atoms with van der Waals surface area (Å²) in [5, 5.41) is 15.9. The Labute approximate surface area is 114 Å². The highest BCUT2D eigenvalue weighted by Gasteiger charge is 2.24. The fraction of sp³-hybridized carbons (Fsp3) is 0.300. The van der Waals surface area contributed by atoms with Gasteiger partial charge in [0.15, 0.2) is 10.7 Å². The van der Waals surface area contributed by atoms with Crippen LogP contribution in [-0.4, -0.2) is 34.4 Å². The van der Waals surface area contributed by atoms with Crippen molar-refractivity contribution in [1.29, 1.82) is 0 Å². The maximum Gasteiger partial charge on any atom is 0.325 e. The number of rotatable bonds is 5. The van der Waals surface area contributed by atoms with Crippen LogP contribution in [0.2, 0.25) is 0 Å². The Balaban J connectivity index is 2.25. The summed E-state index contributed by atoms with van der Waals surface area (Å²) in [7, 11) is -3.85. The quantitative estimate of drug-likeness (QED) is 0.816. The van der Waals surface area contributed by atoms with Gasteiger partial charge in [-0.05, 0) is 13.8 Å². The molecule has 2 heterocycles. The molecular formula is C10H12N4O5S. The largest absolute Gasteiger partial charge is 0.480 e. The van der Waals surface area contributed by atoms with Gasteiger partial charge in [0.25, 0.3) is 10.0 Å².